The Morgan fingerprint density at radius 2 is 1.91 bits per heavy atom. The van der Waals surface area contributed by atoms with Gasteiger partial charge in [-0.1, -0.05) is 36.4 Å². The van der Waals surface area contributed by atoms with Crippen molar-refractivity contribution >= 4 is 39.8 Å². The van der Waals surface area contributed by atoms with Crippen molar-refractivity contribution < 1.29 is 23.9 Å². The Morgan fingerprint density at radius 1 is 1.15 bits per heavy atom. The number of esters is 2. The van der Waals surface area contributed by atoms with E-state index in [0.717, 1.165) is 22.1 Å². The van der Waals surface area contributed by atoms with Crippen LogP contribution in [0.25, 0.3) is 32.5 Å². The van der Waals surface area contributed by atoms with E-state index in [0.29, 0.717) is 27.3 Å². The number of benzene rings is 2. The van der Waals surface area contributed by atoms with Gasteiger partial charge in [0.05, 0.1) is 24.6 Å². The molecule has 0 saturated heterocycles. The van der Waals surface area contributed by atoms with Crippen LogP contribution < -0.4 is 0 Å². The highest BCUT2D eigenvalue weighted by molar-refractivity contribution is 7.17. The van der Waals surface area contributed by atoms with E-state index in [-0.39, 0.29) is 10.4 Å². The second-order valence-corrected chi connectivity index (χ2v) is 8.45. The number of nitrogens with zero attached hydrogens (tertiary/aromatic N) is 3. The highest BCUT2D eigenvalue weighted by Gasteiger charge is 2.26. The van der Waals surface area contributed by atoms with Crippen LogP contribution >= 0.6 is 11.3 Å². The molecule has 0 aliphatic rings. The van der Waals surface area contributed by atoms with E-state index in [9.17, 15) is 19.6 Å². The molecule has 34 heavy (non-hydrogen) atoms. The Kier molecular flexibility index (Phi) is 6.25. The molecule has 0 bridgehead atoms. The van der Waals surface area contributed by atoms with Gasteiger partial charge in [0, 0.05) is 40.9 Å². The summed E-state index contributed by atoms with van der Waals surface area (Å²) in [5.41, 5.74) is 2.59. The van der Waals surface area contributed by atoms with Gasteiger partial charge < -0.3 is 9.47 Å². The molecule has 4 aromatic rings. The number of carbonyl (C=O) groups excluding carboxylic acids is 3. The van der Waals surface area contributed by atoms with Crippen molar-refractivity contribution in [1.82, 2.24) is 9.78 Å². The Hall–Kier alpha value is -4.29. The molecule has 0 N–H and O–H groups in total. The maximum atomic E-state index is 12.7. The molecular formula is C25H19N3O5S. The summed E-state index contributed by atoms with van der Waals surface area (Å²) < 4.78 is 11.3. The average molecular weight is 474 g/mol. The van der Waals surface area contributed by atoms with Crippen LogP contribution in [0.3, 0.4) is 0 Å². The average Bonchev–Trinajstić information content (AvgIpc) is 3.45. The first-order valence-electron chi connectivity index (χ1n) is 10.2. The summed E-state index contributed by atoms with van der Waals surface area (Å²) in [5, 5.41) is 16.1. The van der Waals surface area contributed by atoms with Crippen molar-refractivity contribution in [2.24, 2.45) is 7.05 Å². The summed E-state index contributed by atoms with van der Waals surface area (Å²) in [6.07, 6.45) is 1.62. The molecule has 0 aliphatic carbocycles. The van der Waals surface area contributed by atoms with Crippen LogP contribution in [-0.4, -0.2) is 41.2 Å². The highest BCUT2D eigenvalue weighted by atomic mass is 32.1. The summed E-state index contributed by atoms with van der Waals surface area (Å²) in [4.78, 5) is 36.9. The molecule has 0 aliphatic heterocycles. The van der Waals surface area contributed by atoms with E-state index in [4.69, 9.17) is 9.47 Å². The van der Waals surface area contributed by atoms with Gasteiger partial charge in [0.25, 0.3) is 0 Å². The number of Topliss-reactive ketones (excluding diaryl/α,β-unsaturated/α-hetero) is 1. The number of nitriles is 1. The van der Waals surface area contributed by atoms with Gasteiger partial charge in [-0.3, -0.25) is 14.3 Å². The number of aromatic nitrogens is 2. The molecule has 0 radical (unpaired) electrons. The monoisotopic (exact) mass is 473 g/mol. The maximum absolute atomic E-state index is 12.7. The number of aryl methyl sites for hydroxylation is 1. The first-order valence-corrected chi connectivity index (χ1v) is 11.0. The molecule has 0 spiro atoms. The summed E-state index contributed by atoms with van der Waals surface area (Å²) in [6, 6.07) is 15.3. The zero-order chi connectivity index (χ0) is 24.4. The number of ketones is 1. The predicted molar refractivity (Wildman–Crippen MR) is 126 cm³/mol. The van der Waals surface area contributed by atoms with Gasteiger partial charge in [-0.05, 0) is 11.5 Å². The van der Waals surface area contributed by atoms with E-state index < -0.39 is 24.3 Å². The second-order valence-electron chi connectivity index (χ2n) is 7.40. The minimum Gasteiger partial charge on any atom is -0.465 e. The van der Waals surface area contributed by atoms with Crippen molar-refractivity contribution in [2.45, 2.75) is 6.92 Å². The topological polar surface area (TPSA) is 111 Å². The fourth-order valence-corrected chi connectivity index (χ4v) is 4.85. The molecule has 2 aromatic carbocycles. The van der Waals surface area contributed by atoms with Gasteiger partial charge in [-0.2, -0.15) is 10.4 Å². The van der Waals surface area contributed by atoms with E-state index >= 15 is 0 Å². The Balaban J connectivity index is 1.89. The second kappa shape index (κ2) is 9.29. The number of fused-ring (bicyclic) bond motifs is 1. The summed E-state index contributed by atoms with van der Waals surface area (Å²) in [5.74, 6) is -1.79. The summed E-state index contributed by atoms with van der Waals surface area (Å²) in [7, 11) is 2.99. The van der Waals surface area contributed by atoms with Gasteiger partial charge in [-0.25, -0.2) is 4.79 Å². The Labute approximate surface area is 198 Å². The minimum atomic E-state index is -0.670. The number of hydrogen-bond donors (Lipinski definition) is 0. The van der Waals surface area contributed by atoms with Crippen molar-refractivity contribution in [3.63, 3.8) is 0 Å². The minimum absolute atomic E-state index is 0.0990. The van der Waals surface area contributed by atoms with Crippen LogP contribution in [0.1, 0.15) is 32.5 Å². The largest absolute Gasteiger partial charge is 0.465 e. The zero-order valence-corrected chi connectivity index (χ0v) is 19.4. The lowest BCUT2D eigenvalue weighted by Gasteiger charge is -2.10. The fraction of sp³-hybridized carbons (Fsp3) is 0.160. The number of rotatable bonds is 6. The third kappa shape index (κ3) is 4.07. The molecule has 8 nitrogen and oxygen atoms in total. The summed E-state index contributed by atoms with van der Waals surface area (Å²) in [6.45, 7) is 0.713. The van der Waals surface area contributed by atoms with Gasteiger partial charge in [-0.15, -0.1) is 11.3 Å². The van der Waals surface area contributed by atoms with E-state index in [1.165, 1.54) is 14.0 Å². The van der Waals surface area contributed by atoms with E-state index in [1.54, 1.807) is 24.0 Å². The molecular weight excluding hydrogens is 454 g/mol. The van der Waals surface area contributed by atoms with Gasteiger partial charge in [0.2, 0.25) is 5.78 Å². The highest BCUT2D eigenvalue weighted by Crippen LogP contribution is 2.40. The van der Waals surface area contributed by atoms with Crippen LogP contribution in [-0.2, 0) is 21.3 Å². The standard InChI is InChI=1S/C25H19N3O5S/c1-14(29)33-13-21(30)18-10-22(34-24(18)25(31)32-3)20-12-27-28(2)23(20)17-9-8-15-6-4-5-7-16(15)19(17)11-26/h4-10,12H,13H2,1-3H3. The number of methoxy groups -OCH3 is 1. The van der Waals surface area contributed by atoms with Crippen molar-refractivity contribution in [3.8, 4) is 27.8 Å². The normalized spacial score (nSPS) is 10.6. The lowest BCUT2D eigenvalue weighted by atomic mass is 9.95. The zero-order valence-electron chi connectivity index (χ0n) is 18.6. The molecule has 0 saturated carbocycles. The first-order chi connectivity index (χ1) is 16.3. The molecule has 9 heteroatoms. The number of carbonyl (C=O) groups is 3. The van der Waals surface area contributed by atoms with Crippen molar-refractivity contribution in [3.05, 3.63) is 64.7 Å². The van der Waals surface area contributed by atoms with Crippen LogP contribution in [0.2, 0.25) is 0 Å². The number of ether oxygens (including phenoxy) is 2. The third-order valence-electron chi connectivity index (χ3n) is 5.31. The molecule has 4 rings (SSSR count). The lowest BCUT2D eigenvalue weighted by Crippen LogP contribution is -2.14. The molecule has 0 amide bonds. The SMILES string of the molecule is COC(=O)c1sc(-c2cnn(C)c2-c2ccc3ccccc3c2C#N)cc1C(=O)COC(C)=O. The fourth-order valence-electron chi connectivity index (χ4n) is 3.75. The van der Waals surface area contributed by atoms with Crippen molar-refractivity contribution in [2.75, 3.05) is 13.7 Å². The van der Waals surface area contributed by atoms with E-state index in [1.807, 2.05) is 36.4 Å². The lowest BCUT2D eigenvalue weighted by molar-refractivity contribution is -0.139. The van der Waals surface area contributed by atoms with Crippen LogP contribution in [0, 0.1) is 11.3 Å². The van der Waals surface area contributed by atoms with Gasteiger partial charge >= 0.3 is 11.9 Å². The van der Waals surface area contributed by atoms with Gasteiger partial charge in [0.1, 0.15) is 10.9 Å². The number of hydrogen-bond acceptors (Lipinski definition) is 8. The Morgan fingerprint density at radius 3 is 2.62 bits per heavy atom. The number of thiophene rings is 1. The predicted octanol–water partition coefficient (Wildman–Crippen LogP) is 4.37. The molecule has 0 unspecified atom stereocenters. The molecule has 2 heterocycles. The van der Waals surface area contributed by atoms with E-state index in [2.05, 4.69) is 11.2 Å². The summed E-state index contributed by atoms with van der Waals surface area (Å²) >= 11 is 1.08. The van der Waals surface area contributed by atoms with Crippen LogP contribution in [0.4, 0.5) is 0 Å². The molecule has 0 atom stereocenters. The quantitative estimate of drug-likeness (QED) is 0.302. The van der Waals surface area contributed by atoms with Crippen LogP contribution in [0.5, 0.6) is 0 Å². The molecule has 2 aromatic heterocycles. The molecule has 170 valence electrons. The third-order valence-corrected chi connectivity index (χ3v) is 6.46. The molecule has 0 fully saturated rings. The van der Waals surface area contributed by atoms with Gasteiger partial charge in [0.15, 0.2) is 6.61 Å². The Bertz CT molecular complexity index is 1490. The maximum Gasteiger partial charge on any atom is 0.348 e. The van der Waals surface area contributed by atoms with Crippen LogP contribution in [0.15, 0.2) is 48.7 Å². The van der Waals surface area contributed by atoms with Crippen molar-refractivity contribution in [1.29, 1.82) is 5.26 Å². The first kappa shape index (κ1) is 22.9. The smallest absolute Gasteiger partial charge is 0.348 e.